The molecule has 4 nitrogen and oxygen atoms in total. The van der Waals surface area contributed by atoms with Gasteiger partial charge < -0.3 is 20.1 Å². The van der Waals surface area contributed by atoms with E-state index < -0.39 is 5.60 Å². The average molecular weight is 538 g/mol. The number of aromatic hydroxyl groups is 3. The van der Waals surface area contributed by atoms with Gasteiger partial charge in [-0.05, 0) is 89.9 Å². The zero-order chi connectivity index (χ0) is 21.4. The van der Waals surface area contributed by atoms with E-state index in [4.69, 9.17) is 4.74 Å². The zero-order valence-electron chi connectivity index (χ0n) is 17.2. The molecule has 3 aliphatic rings. The average Bonchev–Trinajstić information content (AvgIpc) is 3.38. The van der Waals surface area contributed by atoms with Crippen LogP contribution in [0.3, 0.4) is 0 Å². The summed E-state index contributed by atoms with van der Waals surface area (Å²) in [4.78, 5) is 0. The topological polar surface area (TPSA) is 69.9 Å². The fourth-order valence-corrected chi connectivity index (χ4v) is 7.57. The molecule has 6 heteroatoms. The second-order valence-corrected chi connectivity index (χ2v) is 10.9. The predicted molar refractivity (Wildman–Crippen MR) is 123 cm³/mol. The highest BCUT2D eigenvalue weighted by Crippen LogP contribution is 2.67. The maximum absolute atomic E-state index is 11.1. The minimum absolute atomic E-state index is 0.0320. The maximum Gasteiger partial charge on any atom is 0.141 e. The van der Waals surface area contributed by atoms with Gasteiger partial charge in [0.15, 0.2) is 0 Å². The van der Waals surface area contributed by atoms with Crippen molar-refractivity contribution in [2.75, 3.05) is 0 Å². The number of ether oxygens (including phenoxy) is 1. The SMILES string of the molecule is Cc1c(O)c(Br)cc([C@@]23CCC[C@@H]2C2(CCCC2)c2cc(Br)c(O)c(C)c2O3)c1O. The number of rotatable bonds is 1. The lowest BCUT2D eigenvalue weighted by atomic mass is 9.60. The number of fused-ring (bicyclic) bond motifs is 4. The quantitative estimate of drug-likeness (QED) is 0.372. The highest BCUT2D eigenvalue weighted by atomic mass is 79.9. The van der Waals surface area contributed by atoms with Crippen molar-refractivity contribution in [3.05, 3.63) is 43.3 Å². The second-order valence-electron chi connectivity index (χ2n) is 9.24. The first-order valence-electron chi connectivity index (χ1n) is 10.7. The van der Waals surface area contributed by atoms with Gasteiger partial charge in [-0.15, -0.1) is 0 Å². The van der Waals surface area contributed by atoms with Crippen molar-refractivity contribution >= 4 is 31.9 Å². The first-order chi connectivity index (χ1) is 14.2. The Morgan fingerprint density at radius 2 is 1.43 bits per heavy atom. The molecule has 2 atom stereocenters. The predicted octanol–water partition coefficient (Wildman–Crippen LogP) is 6.85. The summed E-state index contributed by atoms with van der Waals surface area (Å²) in [5.74, 6) is 1.38. The van der Waals surface area contributed by atoms with Gasteiger partial charge in [-0.1, -0.05) is 12.8 Å². The van der Waals surface area contributed by atoms with Crippen LogP contribution in [0.1, 0.15) is 67.2 Å². The van der Waals surface area contributed by atoms with Crippen LogP contribution in [0, 0.1) is 19.8 Å². The summed E-state index contributed by atoms with van der Waals surface area (Å²) in [6.07, 6.45) is 7.38. The van der Waals surface area contributed by atoms with Gasteiger partial charge in [0, 0.05) is 33.6 Å². The van der Waals surface area contributed by atoms with E-state index in [2.05, 4.69) is 37.9 Å². The van der Waals surface area contributed by atoms with E-state index in [0.717, 1.165) is 49.0 Å². The van der Waals surface area contributed by atoms with E-state index in [-0.39, 0.29) is 28.6 Å². The Labute approximate surface area is 193 Å². The molecular formula is C24H26Br2O4. The molecule has 0 radical (unpaired) electrons. The number of phenolic OH excluding ortho intramolecular Hbond substituents is 3. The maximum atomic E-state index is 11.1. The molecule has 3 N–H and O–H groups in total. The van der Waals surface area contributed by atoms with Crippen molar-refractivity contribution in [3.63, 3.8) is 0 Å². The lowest BCUT2D eigenvalue weighted by molar-refractivity contribution is -0.0373. The molecule has 0 saturated heterocycles. The first-order valence-corrected chi connectivity index (χ1v) is 12.2. The molecule has 1 spiro atoms. The molecule has 0 unspecified atom stereocenters. The van der Waals surface area contributed by atoms with Crippen LogP contribution in [0.15, 0.2) is 21.1 Å². The molecule has 2 saturated carbocycles. The van der Waals surface area contributed by atoms with Crippen LogP contribution in [0.25, 0.3) is 0 Å². The smallest absolute Gasteiger partial charge is 0.141 e. The van der Waals surface area contributed by atoms with Gasteiger partial charge in [-0.2, -0.15) is 0 Å². The van der Waals surface area contributed by atoms with Crippen molar-refractivity contribution < 1.29 is 20.1 Å². The van der Waals surface area contributed by atoms with Crippen molar-refractivity contribution in [2.24, 2.45) is 5.92 Å². The van der Waals surface area contributed by atoms with E-state index in [1.807, 2.05) is 13.0 Å². The summed E-state index contributed by atoms with van der Waals surface area (Å²) in [6, 6.07) is 3.89. The fraction of sp³-hybridized carbons (Fsp3) is 0.500. The Bertz CT molecular complexity index is 1060. The number of hydrogen-bond acceptors (Lipinski definition) is 4. The molecule has 30 heavy (non-hydrogen) atoms. The second kappa shape index (κ2) is 6.80. The summed E-state index contributed by atoms with van der Waals surface area (Å²) in [5, 5.41) is 32.1. The van der Waals surface area contributed by atoms with Crippen molar-refractivity contribution in [3.8, 4) is 23.0 Å². The van der Waals surface area contributed by atoms with E-state index in [0.29, 0.717) is 14.5 Å². The van der Waals surface area contributed by atoms with Gasteiger partial charge in [-0.25, -0.2) is 0 Å². The van der Waals surface area contributed by atoms with E-state index in [9.17, 15) is 15.3 Å². The fourth-order valence-electron chi connectivity index (χ4n) is 6.52. The Morgan fingerprint density at radius 3 is 2.10 bits per heavy atom. The number of halogens is 2. The van der Waals surface area contributed by atoms with Gasteiger partial charge in [0.05, 0.1) is 8.95 Å². The standard InChI is InChI=1S/C24H26Br2O4/c1-12-19(27)14(10-16(25)20(12)28)24-9-5-6-18(24)23(7-3-4-8-23)15-11-17(26)21(29)13(2)22(15)30-24/h10-11,18,27-29H,3-9H2,1-2H3/t18-,24+/m1/s1. The third-order valence-electron chi connectivity index (χ3n) is 7.94. The van der Waals surface area contributed by atoms with Crippen molar-refractivity contribution in [1.82, 2.24) is 0 Å². The van der Waals surface area contributed by atoms with Gasteiger partial charge in [0.1, 0.15) is 28.6 Å². The van der Waals surface area contributed by atoms with Gasteiger partial charge >= 0.3 is 0 Å². The zero-order valence-corrected chi connectivity index (χ0v) is 20.4. The normalized spacial score (nSPS) is 26.5. The lowest BCUT2D eigenvalue weighted by Crippen LogP contribution is -2.51. The minimum atomic E-state index is -0.673. The summed E-state index contributed by atoms with van der Waals surface area (Å²) in [6.45, 7) is 3.64. The van der Waals surface area contributed by atoms with Crippen LogP contribution in [0.5, 0.6) is 23.0 Å². The molecular weight excluding hydrogens is 512 g/mol. The molecule has 1 heterocycles. The molecule has 2 aliphatic carbocycles. The van der Waals surface area contributed by atoms with Crippen LogP contribution in [0.4, 0.5) is 0 Å². The Balaban J connectivity index is 1.83. The largest absolute Gasteiger partial charge is 0.507 e. The Hall–Kier alpha value is -1.40. The number of hydrogen-bond donors (Lipinski definition) is 3. The lowest BCUT2D eigenvalue weighted by Gasteiger charge is -2.52. The van der Waals surface area contributed by atoms with Crippen molar-refractivity contribution in [2.45, 2.75) is 69.8 Å². The number of benzene rings is 2. The third kappa shape index (κ3) is 2.49. The van der Waals surface area contributed by atoms with Gasteiger partial charge in [-0.3, -0.25) is 0 Å². The van der Waals surface area contributed by atoms with Crippen LogP contribution < -0.4 is 4.74 Å². The van der Waals surface area contributed by atoms with Crippen LogP contribution in [-0.2, 0) is 11.0 Å². The van der Waals surface area contributed by atoms with Gasteiger partial charge in [0.25, 0.3) is 0 Å². The van der Waals surface area contributed by atoms with Crippen LogP contribution >= 0.6 is 31.9 Å². The van der Waals surface area contributed by atoms with E-state index >= 15 is 0 Å². The Kier molecular flexibility index (Phi) is 4.64. The first kappa shape index (κ1) is 20.5. The molecule has 1 aliphatic heterocycles. The van der Waals surface area contributed by atoms with Crippen LogP contribution in [0.2, 0.25) is 0 Å². The number of phenols is 3. The molecule has 2 aromatic rings. The monoisotopic (exact) mass is 536 g/mol. The molecule has 2 fully saturated rings. The van der Waals surface area contributed by atoms with Crippen LogP contribution in [-0.4, -0.2) is 15.3 Å². The molecule has 2 aromatic carbocycles. The summed E-state index contributed by atoms with van der Waals surface area (Å²) >= 11 is 7.02. The highest BCUT2D eigenvalue weighted by Gasteiger charge is 2.62. The molecule has 0 bridgehead atoms. The van der Waals surface area contributed by atoms with E-state index in [1.165, 1.54) is 18.4 Å². The molecule has 5 rings (SSSR count). The molecule has 160 valence electrons. The summed E-state index contributed by atoms with van der Waals surface area (Å²) in [7, 11) is 0. The van der Waals surface area contributed by atoms with E-state index in [1.54, 1.807) is 6.92 Å². The third-order valence-corrected chi connectivity index (χ3v) is 9.15. The Morgan fingerprint density at radius 1 is 0.833 bits per heavy atom. The minimum Gasteiger partial charge on any atom is -0.507 e. The molecule has 0 aromatic heterocycles. The molecule has 0 amide bonds. The summed E-state index contributed by atoms with van der Waals surface area (Å²) < 4.78 is 8.15. The highest BCUT2D eigenvalue weighted by molar-refractivity contribution is 9.10. The van der Waals surface area contributed by atoms with Crippen molar-refractivity contribution in [1.29, 1.82) is 0 Å². The van der Waals surface area contributed by atoms with Gasteiger partial charge in [0.2, 0.25) is 0 Å². The summed E-state index contributed by atoms with van der Waals surface area (Å²) in [5.41, 5.74) is 2.43.